The van der Waals surface area contributed by atoms with E-state index < -0.39 is 7.92 Å². The van der Waals surface area contributed by atoms with Crippen LogP contribution in [0.1, 0.15) is 44.9 Å². The first kappa shape index (κ1) is 14.8. The number of ether oxygens (including phenoxy) is 2. The molecule has 2 aliphatic heterocycles. The number of hydrogen-bond donors (Lipinski definition) is 0. The summed E-state index contributed by atoms with van der Waals surface area (Å²) in [6.45, 7) is 0. The normalized spacial score (nSPS) is 31.4. The van der Waals surface area contributed by atoms with E-state index in [2.05, 4.69) is 0 Å². The number of carbonyl (C=O) groups is 2. The van der Waals surface area contributed by atoms with Crippen LogP contribution in [0.15, 0.2) is 0 Å². The van der Waals surface area contributed by atoms with Crippen molar-refractivity contribution < 1.29 is 19.1 Å². The zero-order valence-corrected chi connectivity index (χ0v) is 12.7. The van der Waals surface area contributed by atoms with Gasteiger partial charge in [-0.25, -0.2) is 0 Å². The van der Waals surface area contributed by atoms with Crippen molar-refractivity contribution in [1.82, 2.24) is 0 Å². The lowest BCUT2D eigenvalue weighted by molar-refractivity contribution is -0.146. The van der Waals surface area contributed by atoms with E-state index in [4.69, 9.17) is 9.47 Å². The molecule has 0 amide bonds. The van der Waals surface area contributed by atoms with Gasteiger partial charge in [-0.15, -0.1) is 0 Å². The number of hydrogen-bond acceptors (Lipinski definition) is 4. The summed E-state index contributed by atoms with van der Waals surface area (Å²) in [6, 6.07) is 0. The van der Waals surface area contributed by atoms with E-state index >= 15 is 0 Å². The third-order valence-electron chi connectivity index (χ3n) is 4.41. The number of esters is 2. The predicted octanol–water partition coefficient (Wildman–Crippen LogP) is 2.68. The van der Waals surface area contributed by atoms with Crippen molar-refractivity contribution in [3.8, 4) is 0 Å². The van der Waals surface area contributed by atoms with E-state index in [9.17, 15) is 9.59 Å². The lowest BCUT2D eigenvalue weighted by Crippen LogP contribution is -2.36. The second kappa shape index (κ2) is 6.69. The molecule has 0 aromatic carbocycles. The molecule has 2 bridgehead atoms. The van der Waals surface area contributed by atoms with Gasteiger partial charge in [0.2, 0.25) is 0 Å². The minimum Gasteiger partial charge on any atom is -0.469 e. The molecule has 1 unspecified atom stereocenters. The first-order valence-electron chi connectivity index (χ1n) is 7.09. The topological polar surface area (TPSA) is 52.6 Å². The average molecular weight is 286 g/mol. The molecule has 2 fully saturated rings. The summed E-state index contributed by atoms with van der Waals surface area (Å²) in [5, 5.41) is 0. The first-order valence-corrected chi connectivity index (χ1v) is 8.64. The van der Waals surface area contributed by atoms with Gasteiger partial charge < -0.3 is 9.47 Å². The zero-order valence-electron chi connectivity index (χ0n) is 11.8. The van der Waals surface area contributed by atoms with Crippen molar-refractivity contribution >= 4 is 19.9 Å². The quantitative estimate of drug-likeness (QED) is 0.589. The number of fused-ring (bicyclic) bond motifs is 2. The average Bonchev–Trinajstić information content (AvgIpc) is 2.42. The Hall–Kier alpha value is -0.630. The number of rotatable bonds is 4. The lowest BCUT2D eigenvalue weighted by Gasteiger charge is -2.45. The van der Waals surface area contributed by atoms with Crippen molar-refractivity contribution in [2.45, 2.75) is 61.9 Å². The summed E-state index contributed by atoms with van der Waals surface area (Å²) >= 11 is 0. The lowest BCUT2D eigenvalue weighted by atomic mass is 9.99. The molecule has 1 atom stereocenters. The van der Waals surface area contributed by atoms with E-state index in [0.29, 0.717) is 11.3 Å². The van der Waals surface area contributed by atoms with Gasteiger partial charge in [-0.1, -0.05) is 20.8 Å². The third-order valence-corrected chi connectivity index (χ3v) is 8.25. The second-order valence-corrected chi connectivity index (χ2v) is 8.41. The Labute approximate surface area is 116 Å². The molecule has 5 heteroatoms. The van der Waals surface area contributed by atoms with Gasteiger partial charge >= 0.3 is 11.9 Å². The maximum atomic E-state index is 12.1. The molecule has 0 N–H and O–H groups in total. The molecular weight excluding hydrogens is 263 g/mol. The zero-order chi connectivity index (χ0) is 13.8. The van der Waals surface area contributed by atoms with Crippen molar-refractivity contribution in [3.05, 3.63) is 0 Å². The fourth-order valence-corrected chi connectivity index (χ4v) is 7.80. The Kier molecular flexibility index (Phi) is 5.20. The Morgan fingerprint density at radius 1 is 1.05 bits per heavy atom. The monoisotopic (exact) mass is 286 g/mol. The van der Waals surface area contributed by atoms with Crippen LogP contribution in [0.5, 0.6) is 0 Å². The Balaban J connectivity index is 2.16. The predicted molar refractivity (Wildman–Crippen MR) is 74.6 cm³/mol. The van der Waals surface area contributed by atoms with Crippen LogP contribution < -0.4 is 0 Å². The smallest absolute Gasteiger partial charge is 0.313 e. The van der Waals surface area contributed by atoms with Gasteiger partial charge in [-0.05, 0) is 37.0 Å². The molecule has 19 heavy (non-hydrogen) atoms. The summed E-state index contributed by atoms with van der Waals surface area (Å²) in [7, 11) is 2.37. The summed E-state index contributed by atoms with van der Waals surface area (Å²) in [5.41, 5.74) is 1.05. The van der Waals surface area contributed by atoms with Crippen LogP contribution in [0.4, 0.5) is 0 Å². The minimum absolute atomic E-state index is 0.196. The van der Waals surface area contributed by atoms with E-state index in [1.807, 2.05) is 0 Å². The summed E-state index contributed by atoms with van der Waals surface area (Å²) < 4.78 is 9.70. The minimum atomic E-state index is -0.432. The highest BCUT2D eigenvalue weighted by molar-refractivity contribution is 7.61. The summed E-state index contributed by atoms with van der Waals surface area (Å²) in [6.07, 6.45) is 7.63. The van der Waals surface area contributed by atoms with E-state index in [1.54, 1.807) is 0 Å². The van der Waals surface area contributed by atoms with Gasteiger partial charge in [0.1, 0.15) is 0 Å². The molecule has 0 radical (unpaired) electrons. The van der Waals surface area contributed by atoms with Gasteiger partial charge in [0, 0.05) is 0 Å². The van der Waals surface area contributed by atoms with Gasteiger partial charge in [-0.2, -0.15) is 0 Å². The largest absolute Gasteiger partial charge is 0.469 e. The SMILES string of the molecule is COC(=O)CC(C(=O)OC)P1C2CCCC1CCC2. The van der Waals surface area contributed by atoms with Crippen LogP contribution in [0.2, 0.25) is 0 Å². The number of carbonyl (C=O) groups excluding carboxylic acids is 2. The fraction of sp³-hybridized carbons (Fsp3) is 0.857. The molecular formula is C14H23O4P. The van der Waals surface area contributed by atoms with E-state index in [-0.39, 0.29) is 24.0 Å². The Morgan fingerprint density at radius 3 is 2.00 bits per heavy atom. The number of methoxy groups -OCH3 is 2. The first-order chi connectivity index (χ1) is 9.17. The van der Waals surface area contributed by atoms with Crippen LogP contribution in [0.3, 0.4) is 0 Å². The molecule has 2 rings (SSSR count). The highest BCUT2D eigenvalue weighted by Gasteiger charge is 2.44. The molecule has 2 saturated heterocycles. The van der Waals surface area contributed by atoms with Crippen molar-refractivity contribution in [1.29, 1.82) is 0 Å². The van der Waals surface area contributed by atoms with E-state index in [0.717, 1.165) is 0 Å². The van der Waals surface area contributed by atoms with E-state index in [1.165, 1.54) is 52.7 Å². The van der Waals surface area contributed by atoms with Gasteiger partial charge in [0.05, 0.1) is 26.3 Å². The van der Waals surface area contributed by atoms with Crippen LogP contribution in [-0.4, -0.2) is 43.1 Å². The maximum Gasteiger partial charge on any atom is 0.313 e. The maximum absolute atomic E-state index is 12.1. The molecule has 0 saturated carbocycles. The molecule has 0 aliphatic carbocycles. The van der Waals surface area contributed by atoms with Crippen LogP contribution in [-0.2, 0) is 19.1 Å². The van der Waals surface area contributed by atoms with Crippen molar-refractivity contribution in [2.75, 3.05) is 14.2 Å². The molecule has 0 aromatic rings. The van der Waals surface area contributed by atoms with Crippen molar-refractivity contribution in [3.63, 3.8) is 0 Å². The summed E-state index contributed by atoms with van der Waals surface area (Å²) in [5.74, 6) is -0.503. The van der Waals surface area contributed by atoms with Crippen molar-refractivity contribution in [2.24, 2.45) is 0 Å². The van der Waals surface area contributed by atoms with Gasteiger partial charge in [0.15, 0.2) is 0 Å². The molecule has 2 aliphatic rings. The highest BCUT2D eigenvalue weighted by Crippen LogP contribution is 2.63. The standard InChI is InChI=1S/C14H23O4P/c1-17-13(15)9-12(14(16)18-2)19-10-5-3-6-11(19)8-4-7-10/h10-12H,3-9H2,1-2H3. The van der Waals surface area contributed by atoms with Gasteiger partial charge in [-0.3, -0.25) is 9.59 Å². The molecule has 4 nitrogen and oxygen atoms in total. The molecule has 2 heterocycles. The van der Waals surface area contributed by atoms with Crippen LogP contribution in [0.25, 0.3) is 0 Å². The molecule has 0 aromatic heterocycles. The Bertz CT molecular complexity index is 322. The third kappa shape index (κ3) is 3.28. The van der Waals surface area contributed by atoms with Crippen LogP contribution >= 0.6 is 7.92 Å². The second-order valence-electron chi connectivity index (χ2n) is 5.44. The molecule has 0 spiro atoms. The fourth-order valence-electron chi connectivity index (χ4n) is 3.56. The van der Waals surface area contributed by atoms with Gasteiger partial charge in [0.25, 0.3) is 0 Å². The van der Waals surface area contributed by atoms with Crippen LogP contribution in [0, 0.1) is 0 Å². The Morgan fingerprint density at radius 2 is 1.58 bits per heavy atom. The molecule has 108 valence electrons. The highest BCUT2D eigenvalue weighted by atomic mass is 31.1. The summed E-state index contributed by atoms with van der Waals surface area (Å²) in [4.78, 5) is 23.7.